The van der Waals surface area contributed by atoms with Crippen LogP contribution in [0.15, 0.2) is 60.7 Å². The van der Waals surface area contributed by atoms with Gasteiger partial charge in [-0.2, -0.15) is 0 Å². The Labute approximate surface area is 116 Å². The molecule has 0 aromatic heterocycles. The van der Waals surface area contributed by atoms with E-state index < -0.39 is 18.0 Å². The Hall–Kier alpha value is -2.46. The minimum atomic E-state index is -0.913. The van der Waals surface area contributed by atoms with Gasteiger partial charge in [-0.1, -0.05) is 48.5 Å². The maximum absolute atomic E-state index is 12.0. The molecule has 4 nitrogen and oxygen atoms in total. The second-order valence-corrected chi connectivity index (χ2v) is 4.10. The van der Waals surface area contributed by atoms with Crippen LogP contribution in [0, 0.1) is 0 Å². The Balaban J connectivity index is 2.09. The van der Waals surface area contributed by atoms with Crippen molar-refractivity contribution in [3.63, 3.8) is 0 Å². The number of carbonyl (C=O) groups is 2. The summed E-state index contributed by atoms with van der Waals surface area (Å²) in [6.45, 7) is 0. The molecule has 0 N–H and O–H groups in total. The van der Waals surface area contributed by atoms with Gasteiger partial charge in [0.2, 0.25) is 0 Å². The summed E-state index contributed by atoms with van der Waals surface area (Å²) in [6.07, 6.45) is -0.913. The van der Waals surface area contributed by atoms with Crippen molar-refractivity contribution in [1.82, 2.24) is 0 Å². The summed E-state index contributed by atoms with van der Waals surface area (Å²) in [6, 6.07) is 17.2. The average Bonchev–Trinajstić information content (AvgIpc) is 2.50. The standard InChI is InChI=1S/C16H14O4/c1-19-14(12-8-4-2-5-9-12)16(18)20-15(17)13-10-6-3-7-11-13/h2-11,14H,1H3/t14-/m1/s1. The molecular weight excluding hydrogens is 256 g/mol. The van der Waals surface area contributed by atoms with E-state index >= 15 is 0 Å². The van der Waals surface area contributed by atoms with E-state index in [1.165, 1.54) is 7.11 Å². The summed E-state index contributed by atoms with van der Waals surface area (Å²) >= 11 is 0. The maximum Gasteiger partial charge on any atom is 0.347 e. The maximum atomic E-state index is 12.0. The van der Waals surface area contributed by atoms with Crippen molar-refractivity contribution in [1.29, 1.82) is 0 Å². The number of benzene rings is 2. The molecular formula is C16H14O4. The molecule has 0 radical (unpaired) electrons. The Kier molecular flexibility index (Phi) is 4.63. The molecule has 102 valence electrons. The summed E-state index contributed by atoms with van der Waals surface area (Å²) < 4.78 is 9.95. The van der Waals surface area contributed by atoms with Crippen molar-refractivity contribution >= 4 is 11.9 Å². The summed E-state index contributed by atoms with van der Waals surface area (Å²) in [5, 5.41) is 0. The van der Waals surface area contributed by atoms with Crippen LogP contribution in [-0.4, -0.2) is 19.0 Å². The van der Waals surface area contributed by atoms with Crippen molar-refractivity contribution in [3.05, 3.63) is 71.8 Å². The molecule has 0 aliphatic carbocycles. The Morgan fingerprint density at radius 3 is 2.00 bits per heavy atom. The molecule has 0 heterocycles. The van der Waals surface area contributed by atoms with Crippen LogP contribution in [0.4, 0.5) is 0 Å². The number of esters is 2. The highest BCUT2D eigenvalue weighted by molar-refractivity contribution is 5.98. The predicted octanol–water partition coefficient (Wildman–Crippen LogP) is 2.76. The van der Waals surface area contributed by atoms with E-state index in [2.05, 4.69) is 0 Å². The van der Waals surface area contributed by atoms with E-state index in [9.17, 15) is 9.59 Å². The Morgan fingerprint density at radius 2 is 1.45 bits per heavy atom. The van der Waals surface area contributed by atoms with Crippen molar-refractivity contribution in [2.45, 2.75) is 6.10 Å². The van der Waals surface area contributed by atoms with Gasteiger partial charge >= 0.3 is 11.9 Å². The van der Waals surface area contributed by atoms with Gasteiger partial charge in [-0.3, -0.25) is 0 Å². The van der Waals surface area contributed by atoms with Crippen LogP contribution in [0.3, 0.4) is 0 Å². The summed E-state index contributed by atoms with van der Waals surface area (Å²) in [7, 11) is 1.39. The third kappa shape index (κ3) is 3.30. The topological polar surface area (TPSA) is 52.6 Å². The number of hydrogen-bond acceptors (Lipinski definition) is 4. The van der Waals surface area contributed by atoms with Crippen LogP contribution in [0.25, 0.3) is 0 Å². The van der Waals surface area contributed by atoms with Gasteiger partial charge in [0.15, 0.2) is 6.10 Å². The highest BCUT2D eigenvalue weighted by Crippen LogP contribution is 2.18. The molecule has 0 fully saturated rings. The molecule has 0 unspecified atom stereocenters. The largest absolute Gasteiger partial charge is 0.387 e. The fourth-order valence-corrected chi connectivity index (χ4v) is 1.77. The molecule has 4 heteroatoms. The van der Waals surface area contributed by atoms with Gasteiger partial charge in [-0.05, 0) is 17.7 Å². The lowest BCUT2D eigenvalue weighted by molar-refractivity contribution is -0.149. The molecule has 0 saturated heterocycles. The molecule has 2 rings (SSSR count). The second-order valence-electron chi connectivity index (χ2n) is 4.10. The summed E-state index contributed by atoms with van der Waals surface area (Å²) in [4.78, 5) is 23.8. The van der Waals surface area contributed by atoms with Crippen molar-refractivity contribution < 1.29 is 19.1 Å². The molecule has 0 amide bonds. The van der Waals surface area contributed by atoms with Crippen LogP contribution >= 0.6 is 0 Å². The third-order valence-electron chi connectivity index (χ3n) is 2.75. The second kappa shape index (κ2) is 6.63. The van der Waals surface area contributed by atoms with Gasteiger partial charge in [-0.15, -0.1) is 0 Å². The van der Waals surface area contributed by atoms with Crippen LogP contribution < -0.4 is 0 Å². The van der Waals surface area contributed by atoms with Crippen LogP contribution in [0.5, 0.6) is 0 Å². The Bertz CT molecular complexity index is 578. The first-order chi connectivity index (χ1) is 9.72. The molecule has 2 aromatic rings. The van der Waals surface area contributed by atoms with E-state index in [-0.39, 0.29) is 0 Å². The van der Waals surface area contributed by atoms with Crippen LogP contribution in [0.2, 0.25) is 0 Å². The fraction of sp³-hybridized carbons (Fsp3) is 0.125. The highest BCUT2D eigenvalue weighted by Gasteiger charge is 2.24. The first-order valence-corrected chi connectivity index (χ1v) is 6.11. The molecule has 0 bridgehead atoms. The summed E-state index contributed by atoms with van der Waals surface area (Å²) in [5.41, 5.74) is 0.963. The van der Waals surface area contributed by atoms with Gasteiger partial charge in [0.25, 0.3) is 0 Å². The van der Waals surface area contributed by atoms with Gasteiger partial charge in [0, 0.05) is 7.11 Å². The molecule has 0 saturated carbocycles. The SMILES string of the molecule is CO[C@@H](C(=O)OC(=O)c1ccccc1)c1ccccc1. The third-order valence-corrected chi connectivity index (χ3v) is 2.75. The van der Waals surface area contributed by atoms with Crippen molar-refractivity contribution in [2.24, 2.45) is 0 Å². The van der Waals surface area contributed by atoms with Gasteiger partial charge < -0.3 is 9.47 Å². The van der Waals surface area contributed by atoms with E-state index in [1.807, 2.05) is 6.07 Å². The lowest BCUT2D eigenvalue weighted by Gasteiger charge is -2.13. The first-order valence-electron chi connectivity index (χ1n) is 6.11. The average molecular weight is 270 g/mol. The zero-order chi connectivity index (χ0) is 14.4. The van der Waals surface area contributed by atoms with E-state index in [1.54, 1.807) is 54.6 Å². The van der Waals surface area contributed by atoms with Crippen molar-refractivity contribution in [3.8, 4) is 0 Å². The quantitative estimate of drug-likeness (QED) is 0.633. The number of carbonyl (C=O) groups excluding carboxylic acids is 2. The lowest BCUT2D eigenvalue weighted by Crippen LogP contribution is -2.21. The number of methoxy groups -OCH3 is 1. The van der Waals surface area contributed by atoms with E-state index in [4.69, 9.17) is 9.47 Å². The highest BCUT2D eigenvalue weighted by atomic mass is 16.6. The minimum absolute atomic E-state index is 0.323. The summed E-state index contributed by atoms with van der Waals surface area (Å²) in [5.74, 6) is -1.42. The molecule has 0 spiro atoms. The predicted molar refractivity (Wildman–Crippen MR) is 73.1 cm³/mol. The smallest absolute Gasteiger partial charge is 0.347 e. The number of ether oxygens (including phenoxy) is 2. The van der Waals surface area contributed by atoms with Crippen LogP contribution in [0.1, 0.15) is 22.0 Å². The first kappa shape index (κ1) is 14.0. The van der Waals surface area contributed by atoms with Gasteiger partial charge in [0.05, 0.1) is 5.56 Å². The van der Waals surface area contributed by atoms with Gasteiger partial charge in [0.1, 0.15) is 0 Å². The lowest BCUT2D eigenvalue weighted by atomic mass is 10.1. The molecule has 2 aromatic carbocycles. The minimum Gasteiger partial charge on any atom is -0.387 e. The van der Waals surface area contributed by atoms with E-state index in [0.29, 0.717) is 11.1 Å². The number of rotatable bonds is 4. The molecule has 1 atom stereocenters. The normalized spacial score (nSPS) is 11.7. The monoisotopic (exact) mass is 270 g/mol. The zero-order valence-corrected chi connectivity index (χ0v) is 11.0. The molecule has 20 heavy (non-hydrogen) atoms. The van der Waals surface area contributed by atoms with Crippen LogP contribution in [-0.2, 0) is 14.3 Å². The van der Waals surface area contributed by atoms with E-state index in [0.717, 1.165) is 0 Å². The number of hydrogen-bond donors (Lipinski definition) is 0. The Morgan fingerprint density at radius 1 is 0.900 bits per heavy atom. The molecule has 0 aliphatic heterocycles. The van der Waals surface area contributed by atoms with Gasteiger partial charge in [-0.25, -0.2) is 9.59 Å². The fourth-order valence-electron chi connectivity index (χ4n) is 1.77. The van der Waals surface area contributed by atoms with Crippen molar-refractivity contribution in [2.75, 3.05) is 7.11 Å². The molecule has 0 aliphatic rings. The zero-order valence-electron chi connectivity index (χ0n) is 11.0.